The van der Waals surface area contributed by atoms with E-state index in [-0.39, 0.29) is 4.90 Å². The molecule has 0 saturated carbocycles. The monoisotopic (exact) mass is 373 g/mol. The first-order chi connectivity index (χ1) is 12.4. The molecule has 1 aliphatic heterocycles. The van der Waals surface area contributed by atoms with Crippen molar-refractivity contribution in [3.05, 3.63) is 36.8 Å². The van der Waals surface area contributed by atoms with E-state index in [0.717, 1.165) is 16.9 Å². The Morgan fingerprint density at radius 1 is 1.04 bits per heavy atom. The second-order valence-electron chi connectivity index (χ2n) is 6.19. The van der Waals surface area contributed by atoms with Gasteiger partial charge in [0.1, 0.15) is 17.0 Å². The third kappa shape index (κ3) is 2.86. The van der Waals surface area contributed by atoms with Crippen molar-refractivity contribution >= 4 is 32.6 Å². The Labute approximate surface area is 151 Å². The van der Waals surface area contributed by atoms with Gasteiger partial charge in [0.05, 0.1) is 17.3 Å². The fourth-order valence-corrected chi connectivity index (χ4v) is 4.08. The van der Waals surface area contributed by atoms with Crippen molar-refractivity contribution < 1.29 is 8.42 Å². The topological polar surface area (TPSA) is 110 Å². The van der Waals surface area contributed by atoms with Crippen LogP contribution in [-0.2, 0) is 17.1 Å². The molecule has 10 heteroatoms. The minimum absolute atomic E-state index is 0.158. The van der Waals surface area contributed by atoms with Crippen molar-refractivity contribution in [2.45, 2.75) is 4.90 Å². The number of rotatable bonds is 3. The lowest BCUT2D eigenvalue weighted by Gasteiger charge is -2.37. The summed E-state index contributed by atoms with van der Waals surface area (Å²) in [7, 11) is -1.91. The average Bonchev–Trinajstić information content (AvgIpc) is 3.03. The predicted molar refractivity (Wildman–Crippen MR) is 98.5 cm³/mol. The lowest BCUT2D eigenvalue weighted by atomic mass is 10.2. The number of primary sulfonamides is 1. The molecule has 0 bridgehead atoms. The van der Waals surface area contributed by atoms with Crippen molar-refractivity contribution in [1.82, 2.24) is 19.7 Å². The van der Waals surface area contributed by atoms with E-state index in [1.807, 2.05) is 18.0 Å². The minimum Gasteiger partial charge on any atom is -0.367 e. The van der Waals surface area contributed by atoms with Crippen LogP contribution in [0.15, 0.2) is 41.7 Å². The number of anilines is 2. The number of aromatic nitrogens is 4. The van der Waals surface area contributed by atoms with E-state index in [9.17, 15) is 8.42 Å². The molecule has 1 aliphatic rings. The summed E-state index contributed by atoms with van der Waals surface area (Å²) in [5.41, 5.74) is 1.43. The number of nitrogens with zero attached hydrogens (tertiary/aromatic N) is 6. The lowest BCUT2D eigenvalue weighted by Crippen LogP contribution is -2.47. The fraction of sp³-hybridized carbons (Fsp3) is 0.312. The summed E-state index contributed by atoms with van der Waals surface area (Å²) in [6.07, 6.45) is 3.31. The van der Waals surface area contributed by atoms with Gasteiger partial charge in [-0.05, 0) is 12.1 Å². The summed E-state index contributed by atoms with van der Waals surface area (Å²) >= 11 is 0. The standard InChI is InChI=1S/C16H19N7O2S/c1-21-15-12(10-20-21)16(19-11-18-15)23-8-6-22(7-9-23)13-4-2-3-5-14(13)26(17,24)25/h2-5,10-11H,6-9H2,1H3,(H2,17,24,25). The van der Waals surface area contributed by atoms with E-state index in [0.29, 0.717) is 31.9 Å². The first-order valence-corrected chi connectivity index (χ1v) is 9.74. The fourth-order valence-electron chi connectivity index (χ4n) is 3.32. The highest BCUT2D eigenvalue weighted by Gasteiger charge is 2.24. The van der Waals surface area contributed by atoms with Gasteiger partial charge in [-0.15, -0.1) is 0 Å². The molecule has 0 radical (unpaired) electrons. The number of nitrogens with two attached hydrogens (primary N) is 1. The van der Waals surface area contributed by atoms with Gasteiger partial charge >= 0.3 is 0 Å². The molecule has 3 heterocycles. The third-order valence-corrected chi connectivity index (χ3v) is 5.56. The zero-order valence-corrected chi connectivity index (χ0v) is 15.1. The van der Waals surface area contributed by atoms with Crippen LogP contribution in [0.2, 0.25) is 0 Å². The van der Waals surface area contributed by atoms with Gasteiger partial charge in [-0.2, -0.15) is 5.10 Å². The zero-order valence-electron chi connectivity index (χ0n) is 14.3. The first-order valence-electron chi connectivity index (χ1n) is 8.19. The SMILES string of the molecule is Cn1ncc2c(N3CCN(c4ccccc4S(N)(=O)=O)CC3)ncnc21. The smallest absolute Gasteiger partial charge is 0.240 e. The molecule has 0 unspecified atom stereocenters. The van der Waals surface area contributed by atoms with Gasteiger partial charge in [-0.1, -0.05) is 12.1 Å². The molecule has 0 spiro atoms. The van der Waals surface area contributed by atoms with Gasteiger partial charge in [0.2, 0.25) is 10.0 Å². The second kappa shape index (κ2) is 6.22. The van der Waals surface area contributed by atoms with Crippen LogP contribution in [0.1, 0.15) is 0 Å². The Morgan fingerprint density at radius 3 is 2.46 bits per heavy atom. The van der Waals surface area contributed by atoms with Crippen LogP contribution in [0.3, 0.4) is 0 Å². The van der Waals surface area contributed by atoms with E-state index in [2.05, 4.69) is 20.0 Å². The van der Waals surface area contributed by atoms with Crippen LogP contribution in [0.5, 0.6) is 0 Å². The van der Waals surface area contributed by atoms with E-state index in [1.165, 1.54) is 0 Å². The van der Waals surface area contributed by atoms with Crippen LogP contribution in [0.4, 0.5) is 11.5 Å². The summed E-state index contributed by atoms with van der Waals surface area (Å²) in [4.78, 5) is 13.1. The maximum absolute atomic E-state index is 11.8. The summed E-state index contributed by atoms with van der Waals surface area (Å²) in [6, 6.07) is 6.83. The Kier molecular flexibility index (Phi) is 4.00. The Morgan fingerprint density at radius 2 is 1.73 bits per heavy atom. The molecule has 2 N–H and O–H groups in total. The zero-order chi connectivity index (χ0) is 18.3. The number of hydrogen-bond acceptors (Lipinski definition) is 7. The van der Waals surface area contributed by atoms with Crippen LogP contribution < -0.4 is 14.9 Å². The summed E-state index contributed by atoms with van der Waals surface area (Å²) in [6.45, 7) is 2.75. The third-order valence-electron chi connectivity index (χ3n) is 4.60. The maximum Gasteiger partial charge on any atom is 0.240 e. The molecule has 0 amide bonds. The van der Waals surface area contributed by atoms with Crippen LogP contribution >= 0.6 is 0 Å². The Bertz CT molecular complexity index is 1060. The number of sulfonamides is 1. The van der Waals surface area contributed by atoms with E-state index in [1.54, 1.807) is 35.4 Å². The molecule has 9 nitrogen and oxygen atoms in total. The maximum atomic E-state index is 11.8. The molecule has 3 aromatic rings. The normalized spacial score (nSPS) is 15.6. The molecular weight excluding hydrogens is 354 g/mol. The molecule has 1 aromatic carbocycles. The Hall–Kier alpha value is -2.72. The highest BCUT2D eigenvalue weighted by atomic mass is 32.2. The van der Waals surface area contributed by atoms with Gasteiger partial charge in [0, 0.05) is 33.2 Å². The number of fused-ring (bicyclic) bond motifs is 1. The van der Waals surface area contributed by atoms with Crippen molar-refractivity contribution in [2.75, 3.05) is 36.0 Å². The van der Waals surface area contributed by atoms with E-state index >= 15 is 0 Å². The summed E-state index contributed by atoms with van der Waals surface area (Å²) < 4.78 is 25.4. The number of piperazine rings is 1. The van der Waals surface area contributed by atoms with Gasteiger partial charge in [-0.3, -0.25) is 4.68 Å². The molecule has 0 aliphatic carbocycles. The molecular formula is C16H19N7O2S. The van der Waals surface area contributed by atoms with Crippen LogP contribution in [0.25, 0.3) is 11.0 Å². The van der Waals surface area contributed by atoms with Gasteiger partial charge in [0.25, 0.3) is 0 Å². The molecule has 0 atom stereocenters. The molecule has 1 saturated heterocycles. The van der Waals surface area contributed by atoms with Crippen molar-refractivity contribution in [3.63, 3.8) is 0 Å². The highest BCUT2D eigenvalue weighted by Crippen LogP contribution is 2.27. The molecule has 136 valence electrons. The van der Waals surface area contributed by atoms with Gasteiger partial charge in [0.15, 0.2) is 5.65 Å². The quantitative estimate of drug-likeness (QED) is 0.705. The first kappa shape index (κ1) is 16.7. The molecule has 26 heavy (non-hydrogen) atoms. The lowest BCUT2D eigenvalue weighted by molar-refractivity contribution is 0.595. The van der Waals surface area contributed by atoms with E-state index < -0.39 is 10.0 Å². The van der Waals surface area contributed by atoms with Crippen molar-refractivity contribution in [2.24, 2.45) is 12.2 Å². The average molecular weight is 373 g/mol. The number of hydrogen-bond donors (Lipinski definition) is 1. The second-order valence-corrected chi connectivity index (χ2v) is 7.72. The van der Waals surface area contributed by atoms with Crippen molar-refractivity contribution in [3.8, 4) is 0 Å². The van der Waals surface area contributed by atoms with Crippen molar-refractivity contribution in [1.29, 1.82) is 0 Å². The summed E-state index contributed by atoms with van der Waals surface area (Å²) in [5, 5.41) is 10.5. The van der Waals surface area contributed by atoms with Gasteiger partial charge < -0.3 is 9.80 Å². The number of para-hydroxylation sites is 1. The van der Waals surface area contributed by atoms with E-state index in [4.69, 9.17) is 5.14 Å². The van der Waals surface area contributed by atoms with Gasteiger partial charge in [-0.25, -0.2) is 23.5 Å². The number of benzene rings is 1. The minimum atomic E-state index is -3.76. The molecule has 4 rings (SSSR count). The largest absolute Gasteiger partial charge is 0.367 e. The Balaban J connectivity index is 1.59. The predicted octanol–water partition coefficient (Wildman–Crippen LogP) is 0.337. The van der Waals surface area contributed by atoms with Crippen LogP contribution in [-0.4, -0.2) is 54.3 Å². The highest BCUT2D eigenvalue weighted by molar-refractivity contribution is 7.89. The summed E-state index contributed by atoms with van der Waals surface area (Å²) in [5.74, 6) is 0.850. The molecule has 1 fully saturated rings. The molecule has 2 aromatic heterocycles. The number of aryl methyl sites for hydroxylation is 1. The van der Waals surface area contributed by atoms with Crippen LogP contribution in [0, 0.1) is 0 Å².